The number of amides is 1. The van der Waals surface area contributed by atoms with E-state index in [4.69, 9.17) is 4.98 Å². The minimum Gasteiger partial charge on any atom is -0.343 e. The summed E-state index contributed by atoms with van der Waals surface area (Å²) in [5, 5.41) is 0. The van der Waals surface area contributed by atoms with Gasteiger partial charge in [-0.15, -0.1) is 0 Å². The molecule has 1 aliphatic rings. The molecular formula is C21H24N4O2. The van der Waals surface area contributed by atoms with Gasteiger partial charge in [-0.2, -0.15) is 0 Å². The van der Waals surface area contributed by atoms with Crippen LogP contribution in [-0.4, -0.2) is 38.4 Å². The summed E-state index contributed by atoms with van der Waals surface area (Å²) < 4.78 is 1.58. The lowest BCUT2D eigenvalue weighted by Crippen LogP contribution is -2.38. The molecule has 3 heterocycles. The molecule has 0 unspecified atom stereocenters. The number of piperidine rings is 1. The van der Waals surface area contributed by atoms with Gasteiger partial charge in [-0.1, -0.05) is 18.2 Å². The van der Waals surface area contributed by atoms with Crippen LogP contribution in [-0.2, 0) is 11.3 Å². The average molecular weight is 364 g/mol. The highest BCUT2D eigenvalue weighted by atomic mass is 16.2. The van der Waals surface area contributed by atoms with Gasteiger partial charge >= 0.3 is 0 Å². The third-order valence-corrected chi connectivity index (χ3v) is 5.43. The summed E-state index contributed by atoms with van der Waals surface area (Å²) in [6.07, 6.45) is 3.91. The molecule has 1 saturated heterocycles. The van der Waals surface area contributed by atoms with E-state index in [-0.39, 0.29) is 11.5 Å². The smallest absolute Gasteiger partial charge is 0.250 e. The zero-order valence-electron chi connectivity index (χ0n) is 15.5. The van der Waals surface area contributed by atoms with E-state index in [0.29, 0.717) is 18.9 Å². The minimum absolute atomic E-state index is 0.0656. The number of fused-ring (bicyclic) bond motifs is 1. The number of likely N-dealkylation sites (tertiary alicyclic amines) is 1. The Morgan fingerprint density at radius 1 is 1.19 bits per heavy atom. The third-order valence-electron chi connectivity index (χ3n) is 5.43. The zero-order chi connectivity index (χ0) is 18.8. The predicted octanol–water partition coefficient (Wildman–Crippen LogP) is 2.83. The van der Waals surface area contributed by atoms with Crippen LogP contribution in [0.2, 0.25) is 0 Å². The predicted molar refractivity (Wildman–Crippen MR) is 105 cm³/mol. The number of rotatable bonds is 4. The number of H-pyrrole nitrogens is 1. The van der Waals surface area contributed by atoms with E-state index in [1.54, 1.807) is 16.8 Å². The fourth-order valence-corrected chi connectivity index (χ4v) is 3.81. The molecule has 0 saturated carbocycles. The summed E-state index contributed by atoms with van der Waals surface area (Å²) in [7, 11) is 0. The van der Waals surface area contributed by atoms with Crippen LogP contribution in [0.15, 0.2) is 47.4 Å². The Kier molecular flexibility index (Phi) is 4.79. The first-order valence-corrected chi connectivity index (χ1v) is 9.50. The molecule has 27 heavy (non-hydrogen) atoms. The fraction of sp³-hybridized carbons (Fsp3) is 0.381. The number of para-hydroxylation sites is 1. The van der Waals surface area contributed by atoms with Gasteiger partial charge in [0, 0.05) is 44.2 Å². The van der Waals surface area contributed by atoms with Crippen molar-refractivity contribution in [1.29, 1.82) is 0 Å². The van der Waals surface area contributed by atoms with Gasteiger partial charge in [-0.25, -0.2) is 4.98 Å². The topological polar surface area (TPSA) is 71.0 Å². The first-order chi connectivity index (χ1) is 13.1. The number of hydrogen-bond acceptors (Lipinski definition) is 3. The molecule has 0 bridgehead atoms. The standard InChI is InChI=1S/C21H24N4O2/c1-15-5-4-6-17-20(15)23-21(22-17)16-8-12-25(13-9-16)19(27)10-14-24-11-3-2-7-18(24)26/h2-7,11,16H,8-10,12-14H2,1H3,(H,22,23). The average Bonchev–Trinajstić information content (AvgIpc) is 3.13. The van der Waals surface area contributed by atoms with E-state index >= 15 is 0 Å². The maximum atomic E-state index is 12.5. The van der Waals surface area contributed by atoms with Gasteiger partial charge in [0.25, 0.3) is 5.56 Å². The summed E-state index contributed by atoms with van der Waals surface area (Å²) in [5.41, 5.74) is 3.24. The highest BCUT2D eigenvalue weighted by molar-refractivity contribution is 5.78. The molecule has 140 valence electrons. The van der Waals surface area contributed by atoms with Crippen LogP contribution in [0.25, 0.3) is 11.0 Å². The quantitative estimate of drug-likeness (QED) is 0.774. The van der Waals surface area contributed by atoms with E-state index in [1.807, 2.05) is 17.0 Å². The minimum atomic E-state index is -0.0656. The zero-order valence-corrected chi connectivity index (χ0v) is 15.5. The van der Waals surface area contributed by atoms with Crippen molar-refractivity contribution < 1.29 is 4.79 Å². The first-order valence-electron chi connectivity index (χ1n) is 9.50. The molecule has 6 nitrogen and oxygen atoms in total. The summed E-state index contributed by atoms with van der Waals surface area (Å²) in [5.74, 6) is 1.50. The second-order valence-corrected chi connectivity index (χ2v) is 7.23. The van der Waals surface area contributed by atoms with Crippen molar-refractivity contribution >= 4 is 16.9 Å². The molecule has 4 rings (SSSR count). The molecule has 1 fully saturated rings. The van der Waals surface area contributed by atoms with E-state index in [0.717, 1.165) is 42.8 Å². The Hall–Kier alpha value is -2.89. The van der Waals surface area contributed by atoms with Crippen LogP contribution in [0.5, 0.6) is 0 Å². The Morgan fingerprint density at radius 3 is 2.74 bits per heavy atom. The van der Waals surface area contributed by atoms with Crippen LogP contribution >= 0.6 is 0 Å². The van der Waals surface area contributed by atoms with Crippen molar-refractivity contribution in [1.82, 2.24) is 19.4 Å². The molecule has 0 atom stereocenters. The van der Waals surface area contributed by atoms with Gasteiger partial charge in [0.05, 0.1) is 11.0 Å². The lowest BCUT2D eigenvalue weighted by atomic mass is 9.96. The molecule has 0 radical (unpaired) electrons. The number of aryl methyl sites for hydroxylation is 2. The summed E-state index contributed by atoms with van der Waals surface area (Å²) >= 11 is 0. The number of carbonyl (C=O) groups is 1. The number of nitrogens with one attached hydrogen (secondary N) is 1. The number of pyridine rings is 1. The van der Waals surface area contributed by atoms with Gasteiger partial charge in [-0.3, -0.25) is 9.59 Å². The summed E-state index contributed by atoms with van der Waals surface area (Å²) in [4.78, 5) is 34.4. The molecule has 2 aromatic heterocycles. The Labute approximate surface area is 157 Å². The van der Waals surface area contributed by atoms with Crippen LogP contribution in [0.3, 0.4) is 0 Å². The highest BCUT2D eigenvalue weighted by Crippen LogP contribution is 2.28. The largest absolute Gasteiger partial charge is 0.343 e. The van der Waals surface area contributed by atoms with Crippen molar-refractivity contribution in [3.05, 3.63) is 64.3 Å². The van der Waals surface area contributed by atoms with Gasteiger partial charge in [0.15, 0.2) is 0 Å². The lowest BCUT2D eigenvalue weighted by molar-refractivity contribution is -0.132. The molecule has 0 aliphatic carbocycles. The second-order valence-electron chi connectivity index (χ2n) is 7.23. The normalized spacial score (nSPS) is 15.4. The van der Waals surface area contributed by atoms with Gasteiger partial charge in [0.1, 0.15) is 5.82 Å². The van der Waals surface area contributed by atoms with E-state index in [9.17, 15) is 9.59 Å². The van der Waals surface area contributed by atoms with Crippen molar-refractivity contribution in [3.63, 3.8) is 0 Å². The molecule has 0 spiro atoms. The van der Waals surface area contributed by atoms with Crippen molar-refractivity contribution in [3.8, 4) is 0 Å². The van der Waals surface area contributed by atoms with Crippen LogP contribution in [0, 0.1) is 6.92 Å². The summed E-state index contributed by atoms with van der Waals surface area (Å²) in [6.45, 7) is 3.99. The Morgan fingerprint density at radius 2 is 2.00 bits per heavy atom. The SMILES string of the molecule is Cc1cccc2[nH]c(C3CCN(C(=O)CCn4ccccc4=O)CC3)nc12. The maximum Gasteiger partial charge on any atom is 0.250 e. The van der Waals surface area contributed by atoms with Crippen LogP contribution in [0.4, 0.5) is 0 Å². The van der Waals surface area contributed by atoms with Crippen LogP contribution in [0.1, 0.15) is 36.6 Å². The van der Waals surface area contributed by atoms with Crippen molar-refractivity contribution in [2.24, 2.45) is 0 Å². The second kappa shape index (κ2) is 7.39. The molecule has 6 heteroatoms. The van der Waals surface area contributed by atoms with Crippen molar-refractivity contribution in [2.45, 2.75) is 38.6 Å². The van der Waals surface area contributed by atoms with E-state index < -0.39 is 0 Å². The van der Waals surface area contributed by atoms with Gasteiger partial charge in [-0.05, 0) is 37.5 Å². The molecule has 1 amide bonds. The van der Waals surface area contributed by atoms with E-state index in [2.05, 4.69) is 24.0 Å². The molecule has 1 aliphatic heterocycles. The van der Waals surface area contributed by atoms with Crippen molar-refractivity contribution in [2.75, 3.05) is 13.1 Å². The fourth-order valence-electron chi connectivity index (χ4n) is 3.81. The number of hydrogen-bond donors (Lipinski definition) is 1. The monoisotopic (exact) mass is 364 g/mol. The summed E-state index contributed by atoms with van der Waals surface area (Å²) in [6, 6.07) is 11.2. The Bertz CT molecular complexity index is 1010. The molecule has 1 aromatic carbocycles. The number of aromatic amines is 1. The number of aromatic nitrogens is 3. The first kappa shape index (κ1) is 17.5. The lowest BCUT2D eigenvalue weighted by Gasteiger charge is -2.31. The highest BCUT2D eigenvalue weighted by Gasteiger charge is 2.25. The number of imidazole rings is 1. The van der Waals surface area contributed by atoms with Gasteiger partial charge in [0.2, 0.25) is 5.91 Å². The third kappa shape index (κ3) is 3.65. The van der Waals surface area contributed by atoms with Gasteiger partial charge < -0.3 is 14.5 Å². The van der Waals surface area contributed by atoms with Crippen LogP contribution < -0.4 is 5.56 Å². The molecular weight excluding hydrogens is 340 g/mol. The Balaban J connectivity index is 1.35. The number of nitrogens with zero attached hydrogens (tertiary/aromatic N) is 3. The maximum absolute atomic E-state index is 12.5. The molecule has 3 aromatic rings. The number of carbonyl (C=O) groups excluding carboxylic acids is 1. The van der Waals surface area contributed by atoms with E-state index in [1.165, 1.54) is 11.6 Å². The number of benzene rings is 1. The molecule has 1 N–H and O–H groups in total.